The monoisotopic (exact) mass is 756 g/mol. The molecule has 52 heavy (non-hydrogen) atoms. The van der Waals surface area contributed by atoms with Crippen LogP contribution in [0.2, 0.25) is 0 Å². The molecule has 4 N–H and O–H groups in total. The van der Waals surface area contributed by atoms with Gasteiger partial charge in [0.2, 0.25) is 0 Å². The highest BCUT2D eigenvalue weighted by atomic mass is 31.2. The first-order valence-corrected chi connectivity index (χ1v) is 21.7. The topological polar surface area (TPSA) is 155 Å². The Labute approximate surface area is 316 Å². The zero-order valence-electron chi connectivity index (χ0n) is 32.5. The SMILES string of the molecule is CCCCCCCCCCCCCCCC(=O)O[C@H](COC(=O)CCC/C=C\C/C=C\C/C=C\C/C=C\CCCCCO)COP(=O)(O)OCCN. The molecule has 0 aromatic heterocycles. The molecule has 0 radical (unpaired) electrons. The van der Waals surface area contributed by atoms with Crippen molar-refractivity contribution >= 4 is 19.8 Å². The number of aliphatic hydroxyl groups is 1. The van der Waals surface area contributed by atoms with Crippen LogP contribution in [0.25, 0.3) is 0 Å². The van der Waals surface area contributed by atoms with Crippen LogP contribution in [-0.2, 0) is 32.7 Å². The van der Waals surface area contributed by atoms with Crippen LogP contribution in [0.3, 0.4) is 0 Å². The number of ether oxygens (including phenoxy) is 2. The number of phosphoric ester groups is 1. The van der Waals surface area contributed by atoms with Crippen LogP contribution >= 0.6 is 7.82 Å². The number of carbonyl (C=O) groups excluding carboxylic acids is 2. The first-order valence-electron chi connectivity index (χ1n) is 20.2. The first-order chi connectivity index (χ1) is 25.3. The fourth-order valence-electron chi connectivity index (χ4n) is 5.25. The Bertz CT molecular complexity index is 999. The molecule has 302 valence electrons. The third kappa shape index (κ3) is 37.7. The number of nitrogens with two attached hydrogens (primary N) is 1. The molecule has 2 atom stereocenters. The summed E-state index contributed by atoms with van der Waals surface area (Å²) in [5.74, 6) is -0.909. The van der Waals surface area contributed by atoms with Gasteiger partial charge in [0.05, 0.1) is 13.2 Å². The van der Waals surface area contributed by atoms with Crippen molar-refractivity contribution in [3.63, 3.8) is 0 Å². The summed E-state index contributed by atoms with van der Waals surface area (Å²) in [4.78, 5) is 34.7. The largest absolute Gasteiger partial charge is 0.472 e. The van der Waals surface area contributed by atoms with Crippen LogP contribution in [0.15, 0.2) is 48.6 Å². The van der Waals surface area contributed by atoms with Crippen molar-refractivity contribution in [1.29, 1.82) is 0 Å². The molecule has 0 aliphatic rings. The number of rotatable bonds is 38. The van der Waals surface area contributed by atoms with E-state index >= 15 is 0 Å². The first kappa shape index (κ1) is 49.9. The molecule has 0 amide bonds. The minimum absolute atomic E-state index is 0.0414. The number of esters is 2. The van der Waals surface area contributed by atoms with Gasteiger partial charge >= 0.3 is 19.8 Å². The summed E-state index contributed by atoms with van der Waals surface area (Å²) >= 11 is 0. The van der Waals surface area contributed by atoms with E-state index < -0.39 is 32.5 Å². The number of aliphatic hydroxyl groups excluding tert-OH is 1. The Balaban J connectivity index is 4.28. The summed E-state index contributed by atoms with van der Waals surface area (Å²) in [5, 5.41) is 8.78. The quantitative estimate of drug-likeness (QED) is 0.0240. The molecule has 0 aromatic rings. The summed E-state index contributed by atoms with van der Waals surface area (Å²) in [6.07, 6.45) is 40.2. The van der Waals surface area contributed by atoms with Crippen LogP contribution in [0.5, 0.6) is 0 Å². The lowest BCUT2D eigenvalue weighted by molar-refractivity contribution is -0.161. The van der Waals surface area contributed by atoms with Gasteiger partial charge in [0.25, 0.3) is 0 Å². The average molecular weight is 756 g/mol. The van der Waals surface area contributed by atoms with Crippen molar-refractivity contribution in [3.05, 3.63) is 48.6 Å². The Morgan fingerprint density at radius 3 is 1.63 bits per heavy atom. The standard InChI is InChI=1S/C41H74NO9P/c1-2-3-4-5-6-7-8-14-18-21-24-27-30-33-41(45)51-39(38-50-52(46,47)49-36-34-42)37-48-40(44)32-29-26-23-20-17-15-12-10-9-11-13-16-19-22-25-28-31-35-43/h9,11-12,15-16,19-20,23,39,43H,2-8,10,13-14,17-18,21-22,24-38,42H2,1H3,(H,46,47)/b11-9-,15-12-,19-16-,23-20-/t39-/m1/s1. The van der Waals surface area contributed by atoms with Gasteiger partial charge < -0.3 is 25.2 Å². The molecular formula is C41H74NO9P. The highest BCUT2D eigenvalue weighted by Crippen LogP contribution is 2.43. The molecule has 0 fully saturated rings. The zero-order valence-corrected chi connectivity index (χ0v) is 33.4. The maximum atomic E-state index is 12.5. The summed E-state index contributed by atoms with van der Waals surface area (Å²) in [7, 11) is -4.39. The van der Waals surface area contributed by atoms with Gasteiger partial charge in [0, 0.05) is 26.0 Å². The van der Waals surface area contributed by atoms with Crippen molar-refractivity contribution in [2.75, 3.05) is 33.0 Å². The van der Waals surface area contributed by atoms with Gasteiger partial charge in [-0.25, -0.2) is 4.57 Å². The third-order valence-electron chi connectivity index (χ3n) is 8.27. The second-order valence-corrected chi connectivity index (χ2v) is 14.7. The fourth-order valence-corrected chi connectivity index (χ4v) is 6.02. The van der Waals surface area contributed by atoms with Crippen LogP contribution in [0.1, 0.15) is 161 Å². The number of carbonyl (C=O) groups is 2. The summed E-state index contributed by atoms with van der Waals surface area (Å²) < 4.78 is 32.6. The van der Waals surface area contributed by atoms with Crippen LogP contribution in [0, 0.1) is 0 Å². The van der Waals surface area contributed by atoms with Crippen molar-refractivity contribution < 1.29 is 42.7 Å². The Morgan fingerprint density at radius 2 is 1.10 bits per heavy atom. The van der Waals surface area contributed by atoms with E-state index in [1.165, 1.54) is 57.8 Å². The van der Waals surface area contributed by atoms with Crippen molar-refractivity contribution in [1.82, 2.24) is 0 Å². The normalized spacial score (nSPS) is 13.8. The minimum atomic E-state index is -4.39. The third-order valence-corrected chi connectivity index (χ3v) is 9.26. The van der Waals surface area contributed by atoms with E-state index in [-0.39, 0.29) is 39.2 Å². The molecule has 0 saturated carbocycles. The molecule has 0 rings (SSSR count). The molecule has 11 heteroatoms. The van der Waals surface area contributed by atoms with Gasteiger partial charge in [-0.15, -0.1) is 0 Å². The van der Waals surface area contributed by atoms with E-state index in [0.717, 1.165) is 70.6 Å². The number of allylic oxidation sites excluding steroid dienone is 8. The molecule has 0 saturated heterocycles. The van der Waals surface area contributed by atoms with E-state index in [2.05, 4.69) is 49.5 Å². The van der Waals surface area contributed by atoms with Gasteiger partial charge in [-0.2, -0.15) is 0 Å². The summed E-state index contributed by atoms with van der Waals surface area (Å²) in [6.45, 7) is 1.66. The fraction of sp³-hybridized carbons (Fsp3) is 0.756. The molecule has 0 bridgehead atoms. The van der Waals surface area contributed by atoms with E-state index in [0.29, 0.717) is 12.8 Å². The highest BCUT2D eigenvalue weighted by Gasteiger charge is 2.25. The number of hydrogen-bond donors (Lipinski definition) is 3. The summed E-state index contributed by atoms with van der Waals surface area (Å²) in [6, 6.07) is 0. The lowest BCUT2D eigenvalue weighted by atomic mass is 10.0. The molecule has 1 unspecified atom stereocenters. The average Bonchev–Trinajstić information content (AvgIpc) is 3.13. The second kappa shape index (κ2) is 38.6. The molecule has 0 spiro atoms. The number of hydrogen-bond acceptors (Lipinski definition) is 9. The predicted molar refractivity (Wildman–Crippen MR) is 212 cm³/mol. The lowest BCUT2D eigenvalue weighted by Gasteiger charge is -2.19. The van der Waals surface area contributed by atoms with Gasteiger partial charge in [0.1, 0.15) is 6.61 Å². The van der Waals surface area contributed by atoms with E-state index in [4.69, 9.17) is 29.4 Å². The second-order valence-electron chi connectivity index (χ2n) is 13.2. The molecule has 10 nitrogen and oxygen atoms in total. The summed E-state index contributed by atoms with van der Waals surface area (Å²) in [5.41, 5.74) is 5.33. The van der Waals surface area contributed by atoms with Crippen LogP contribution in [0.4, 0.5) is 0 Å². The van der Waals surface area contributed by atoms with Crippen LogP contribution in [-0.4, -0.2) is 61.0 Å². The number of unbranched alkanes of at least 4 members (excludes halogenated alkanes) is 16. The predicted octanol–water partition coefficient (Wildman–Crippen LogP) is 10.1. The van der Waals surface area contributed by atoms with E-state index in [1.807, 2.05) is 6.08 Å². The van der Waals surface area contributed by atoms with E-state index in [9.17, 15) is 19.0 Å². The zero-order chi connectivity index (χ0) is 38.2. The molecule has 0 aliphatic carbocycles. The van der Waals surface area contributed by atoms with Crippen molar-refractivity contribution in [3.8, 4) is 0 Å². The maximum absolute atomic E-state index is 12.5. The van der Waals surface area contributed by atoms with Gasteiger partial charge in [0.15, 0.2) is 6.10 Å². The van der Waals surface area contributed by atoms with Crippen molar-refractivity contribution in [2.24, 2.45) is 5.73 Å². The van der Waals surface area contributed by atoms with E-state index in [1.54, 1.807) is 0 Å². The van der Waals surface area contributed by atoms with Gasteiger partial charge in [-0.3, -0.25) is 18.6 Å². The Hall–Kier alpha value is -2.07. The molecular weight excluding hydrogens is 681 g/mol. The highest BCUT2D eigenvalue weighted by molar-refractivity contribution is 7.47. The minimum Gasteiger partial charge on any atom is -0.462 e. The molecule has 0 aromatic carbocycles. The Morgan fingerprint density at radius 1 is 0.615 bits per heavy atom. The van der Waals surface area contributed by atoms with Gasteiger partial charge in [-0.05, 0) is 57.8 Å². The lowest BCUT2D eigenvalue weighted by Crippen LogP contribution is -2.29. The molecule has 0 aliphatic heterocycles. The van der Waals surface area contributed by atoms with Gasteiger partial charge in [-0.1, -0.05) is 139 Å². The van der Waals surface area contributed by atoms with Crippen molar-refractivity contribution in [2.45, 2.75) is 167 Å². The Kier molecular flexibility index (Phi) is 37.1. The maximum Gasteiger partial charge on any atom is 0.472 e. The smallest absolute Gasteiger partial charge is 0.462 e. The molecule has 0 heterocycles. The van der Waals surface area contributed by atoms with Crippen LogP contribution < -0.4 is 5.73 Å². The number of phosphoric acid groups is 1.